The van der Waals surface area contributed by atoms with E-state index < -0.39 is 6.43 Å². The number of phenols is 1. The molecule has 0 atom stereocenters. The molecule has 0 aromatic heterocycles. The molecule has 1 aromatic rings. The molecule has 5 heteroatoms. The first-order valence-corrected chi connectivity index (χ1v) is 3.78. The van der Waals surface area contributed by atoms with E-state index >= 15 is 0 Å². The summed E-state index contributed by atoms with van der Waals surface area (Å²) in [6.45, 7) is -0.0567. The number of aromatic hydroxyl groups is 1. The summed E-state index contributed by atoms with van der Waals surface area (Å²) in [7, 11) is 0. The molecule has 1 aromatic carbocycles. The Morgan fingerprint density at radius 1 is 1.50 bits per heavy atom. The summed E-state index contributed by atoms with van der Waals surface area (Å²) < 4.78 is 24.3. The van der Waals surface area contributed by atoms with Gasteiger partial charge in [0.05, 0.1) is 6.54 Å². The van der Waals surface area contributed by atoms with Crippen LogP contribution < -0.4 is 0 Å². The third kappa shape index (κ3) is 2.37. The summed E-state index contributed by atoms with van der Waals surface area (Å²) in [6, 6.07) is 3.44. The van der Waals surface area contributed by atoms with Crippen LogP contribution in [0.1, 0.15) is 17.6 Å². The number of aliphatic imine (C=N–C) groups is 1. The molecule has 1 rings (SSSR count). The van der Waals surface area contributed by atoms with Crippen LogP contribution in [-0.4, -0.2) is 11.2 Å². The summed E-state index contributed by atoms with van der Waals surface area (Å²) in [6.07, 6.45) is -1.32. The largest absolute Gasteiger partial charge is 0.508 e. The van der Waals surface area contributed by atoms with Gasteiger partial charge in [-0.1, -0.05) is 12.1 Å². The van der Waals surface area contributed by atoms with Gasteiger partial charge >= 0.3 is 0 Å². The maximum absolute atomic E-state index is 12.1. The Labute approximate surface area is 78.7 Å². The second-order valence-electron chi connectivity index (χ2n) is 2.60. The van der Waals surface area contributed by atoms with Crippen LogP contribution >= 0.6 is 0 Å². The first-order chi connectivity index (χ1) is 6.65. The molecule has 0 aliphatic carbocycles. The molecule has 14 heavy (non-hydrogen) atoms. The number of hydrogen-bond acceptors (Lipinski definition) is 3. The topological polar surface area (TPSA) is 49.7 Å². The normalized spacial score (nSPS) is 9.93. The Morgan fingerprint density at radius 3 is 2.71 bits per heavy atom. The average molecular weight is 199 g/mol. The van der Waals surface area contributed by atoms with E-state index in [-0.39, 0.29) is 17.9 Å². The van der Waals surface area contributed by atoms with Gasteiger partial charge in [0.1, 0.15) is 5.75 Å². The van der Waals surface area contributed by atoms with Crippen LogP contribution in [0.2, 0.25) is 0 Å². The Balaban J connectivity index is 2.95. The third-order valence-corrected chi connectivity index (χ3v) is 1.68. The zero-order chi connectivity index (χ0) is 10.6. The van der Waals surface area contributed by atoms with Crippen LogP contribution in [-0.2, 0) is 11.3 Å². The molecule has 0 unspecified atom stereocenters. The fraction of sp³-hybridized carbons (Fsp3) is 0.222. The van der Waals surface area contributed by atoms with E-state index in [2.05, 4.69) is 4.99 Å². The van der Waals surface area contributed by atoms with E-state index in [1.165, 1.54) is 18.2 Å². The first kappa shape index (κ1) is 10.3. The second-order valence-corrected chi connectivity index (χ2v) is 2.60. The van der Waals surface area contributed by atoms with Gasteiger partial charge in [-0.25, -0.2) is 18.6 Å². The van der Waals surface area contributed by atoms with Gasteiger partial charge in [-0.2, -0.15) is 0 Å². The number of alkyl halides is 2. The highest BCUT2D eigenvalue weighted by Crippen LogP contribution is 2.25. The lowest BCUT2D eigenvalue weighted by Crippen LogP contribution is -1.87. The SMILES string of the molecule is O=C=NCc1ccc(C(F)F)cc1O. The van der Waals surface area contributed by atoms with Crippen molar-refractivity contribution in [2.75, 3.05) is 0 Å². The van der Waals surface area contributed by atoms with Gasteiger partial charge in [0.25, 0.3) is 6.43 Å². The number of hydrogen-bond donors (Lipinski definition) is 1. The molecular formula is C9H7F2NO2. The van der Waals surface area contributed by atoms with Crippen LogP contribution in [0.3, 0.4) is 0 Å². The number of phenolic OH excluding ortho intramolecular Hbond substituents is 1. The fourth-order valence-electron chi connectivity index (χ4n) is 0.968. The zero-order valence-electron chi connectivity index (χ0n) is 7.08. The lowest BCUT2D eigenvalue weighted by molar-refractivity contribution is 0.151. The fourth-order valence-corrected chi connectivity index (χ4v) is 0.968. The van der Waals surface area contributed by atoms with E-state index in [0.29, 0.717) is 5.56 Å². The molecule has 3 nitrogen and oxygen atoms in total. The summed E-state index contributed by atoms with van der Waals surface area (Å²) in [5.74, 6) is -0.290. The highest BCUT2D eigenvalue weighted by Gasteiger charge is 2.09. The van der Waals surface area contributed by atoms with Crippen molar-refractivity contribution in [3.63, 3.8) is 0 Å². The quantitative estimate of drug-likeness (QED) is 0.599. The van der Waals surface area contributed by atoms with Crippen LogP contribution in [0.15, 0.2) is 23.2 Å². The van der Waals surface area contributed by atoms with E-state index in [9.17, 15) is 18.7 Å². The van der Waals surface area contributed by atoms with E-state index in [4.69, 9.17) is 0 Å². The zero-order valence-corrected chi connectivity index (χ0v) is 7.08. The minimum absolute atomic E-state index is 0.0567. The van der Waals surface area contributed by atoms with Gasteiger partial charge in [-0.05, 0) is 6.07 Å². The molecule has 0 aliphatic heterocycles. The van der Waals surface area contributed by atoms with Gasteiger partial charge in [0, 0.05) is 11.1 Å². The van der Waals surface area contributed by atoms with E-state index in [1.807, 2.05) is 0 Å². The number of halogens is 2. The summed E-state index contributed by atoms with van der Waals surface area (Å²) in [5.41, 5.74) is 0.0547. The van der Waals surface area contributed by atoms with Crippen molar-refractivity contribution in [3.8, 4) is 5.75 Å². The molecule has 0 amide bonds. The molecule has 0 aliphatic rings. The highest BCUT2D eigenvalue weighted by atomic mass is 19.3. The number of carbonyl (C=O) groups excluding carboxylic acids is 1. The van der Waals surface area contributed by atoms with Crippen molar-refractivity contribution in [3.05, 3.63) is 29.3 Å². The molecule has 0 saturated carbocycles. The molecule has 0 saturated heterocycles. The van der Waals surface area contributed by atoms with Crippen molar-refractivity contribution in [2.24, 2.45) is 4.99 Å². The predicted molar refractivity (Wildman–Crippen MR) is 44.9 cm³/mol. The summed E-state index contributed by atoms with van der Waals surface area (Å²) in [4.78, 5) is 13.0. The lowest BCUT2D eigenvalue weighted by Gasteiger charge is -2.03. The molecule has 0 bridgehead atoms. The summed E-state index contributed by atoms with van der Waals surface area (Å²) >= 11 is 0. The molecule has 74 valence electrons. The van der Waals surface area contributed by atoms with Crippen molar-refractivity contribution in [1.82, 2.24) is 0 Å². The van der Waals surface area contributed by atoms with Gasteiger partial charge in [0.15, 0.2) is 0 Å². The van der Waals surface area contributed by atoms with Gasteiger partial charge in [0.2, 0.25) is 6.08 Å². The first-order valence-electron chi connectivity index (χ1n) is 3.78. The van der Waals surface area contributed by atoms with Gasteiger partial charge in [-0.3, -0.25) is 0 Å². The average Bonchev–Trinajstić information content (AvgIpc) is 2.15. The highest BCUT2D eigenvalue weighted by molar-refractivity contribution is 5.39. The standard InChI is InChI=1S/C9H7F2NO2/c10-9(11)6-1-2-7(4-12-5-13)8(14)3-6/h1-3,9,14H,4H2. The Morgan fingerprint density at radius 2 is 2.21 bits per heavy atom. The monoisotopic (exact) mass is 199 g/mol. The van der Waals surface area contributed by atoms with Crippen molar-refractivity contribution < 1.29 is 18.7 Å². The van der Waals surface area contributed by atoms with E-state index in [1.54, 1.807) is 0 Å². The third-order valence-electron chi connectivity index (χ3n) is 1.68. The lowest BCUT2D eigenvalue weighted by atomic mass is 10.1. The molecule has 0 radical (unpaired) electrons. The maximum atomic E-state index is 12.1. The predicted octanol–water partition coefficient (Wildman–Crippen LogP) is 2.17. The number of benzene rings is 1. The Bertz CT molecular complexity index is 373. The molecule has 1 N–H and O–H groups in total. The number of rotatable bonds is 3. The molecule has 0 spiro atoms. The maximum Gasteiger partial charge on any atom is 0.263 e. The second kappa shape index (κ2) is 4.48. The van der Waals surface area contributed by atoms with E-state index in [0.717, 1.165) is 6.07 Å². The molecular weight excluding hydrogens is 192 g/mol. The van der Waals surface area contributed by atoms with Crippen LogP contribution in [0.25, 0.3) is 0 Å². The van der Waals surface area contributed by atoms with Gasteiger partial charge < -0.3 is 5.11 Å². The minimum Gasteiger partial charge on any atom is -0.508 e. The smallest absolute Gasteiger partial charge is 0.263 e. The number of nitrogens with zero attached hydrogens (tertiary/aromatic N) is 1. The summed E-state index contributed by atoms with van der Waals surface area (Å²) in [5, 5.41) is 9.24. The van der Waals surface area contributed by atoms with Crippen LogP contribution in [0.4, 0.5) is 8.78 Å². The van der Waals surface area contributed by atoms with Gasteiger partial charge in [-0.15, -0.1) is 0 Å². The number of isocyanates is 1. The Hall–Kier alpha value is -1.74. The molecule has 0 heterocycles. The molecule has 0 fully saturated rings. The van der Waals surface area contributed by atoms with Crippen LogP contribution in [0.5, 0.6) is 5.75 Å². The Kier molecular flexibility index (Phi) is 3.31. The van der Waals surface area contributed by atoms with Crippen molar-refractivity contribution in [1.29, 1.82) is 0 Å². The van der Waals surface area contributed by atoms with Crippen molar-refractivity contribution in [2.45, 2.75) is 13.0 Å². The van der Waals surface area contributed by atoms with Crippen molar-refractivity contribution >= 4 is 6.08 Å². The minimum atomic E-state index is -2.62. The van der Waals surface area contributed by atoms with Crippen LogP contribution in [0, 0.1) is 0 Å².